The van der Waals surface area contributed by atoms with Crippen molar-refractivity contribution in [3.05, 3.63) is 23.7 Å². The fourth-order valence-electron chi connectivity index (χ4n) is 2.19. The van der Waals surface area contributed by atoms with Gasteiger partial charge in [0, 0.05) is 12.3 Å². The highest BCUT2D eigenvalue weighted by atomic mass is 16.5. The first-order valence-electron chi connectivity index (χ1n) is 6.22. The summed E-state index contributed by atoms with van der Waals surface area (Å²) in [7, 11) is 0. The summed E-state index contributed by atoms with van der Waals surface area (Å²) in [6.07, 6.45) is 2.30. The lowest BCUT2D eigenvalue weighted by molar-refractivity contribution is 0.106. The van der Waals surface area contributed by atoms with Gasteiger partial charge >= 0.3 is 0 Å². The van der Waals surface area contributed by atoms with Crippen LogP contribution >= 0.6 is 0 Å². The Hall–Kier alpha value is -1.42. The van der Waals surface area contributed by atoms with Crippen molar-refractivity contribution in [2.75, 3.05) is 6.61 Å². The molecule has 4 nitrogen and oxygen atoms in total. The zero-order valence-electron chi connectivity index (χ0n) is 10.2. The molecule has 90 valence electrons. The van der Waals surface area contributed by atoms with Crippen LogP contribution in [-0.2, 0) is 4.74 Å². The van der Waals surface area contributed by atoms with E-state index in [1.807, 2.05) is 0 Å². The average molecular weight is 231 g/mol. The molecular formula is C13H17N3O. The molecule has 0 spiro atoms. The second kappa shape index (κ2) is 4.11. The van der Waals surface area contributed by atoms with E-state index in [2.05, 4.69) is 40.9 Å². The molecule has 2 aromatic rings. The molecule has 1 aliphatic rings. The van der Waals surface area contributed by atoms with Crippen molar-refractivity contribution >= 4 is 11.2 Å². The third-order valence-electron chi connectivity index (χ3n) is 3.21. The normalized spacial score (nSPS) is 20.5. The molecule has 0 radical (unpaired) electrons. The number of H-pyrrole nitrogens is 1. The van der Waals surface area contributed by atoms with Crippen LogP contribution in [0.25, 0.3) is 11.2 Å². The molecule has 1 fully saturated rings. The van der Waals surface area contributed by atoms with E-state index in [-0.39, 0.29) is 6.10 Å². The van der Waals surface area contributed by atoms with Gasteiger partial charge in [-0.3, -0.25) is 0 Å². The zero-order valence-corrected chi connectivity index (χ0v) is 10.2. The van der Waals surface area contributed by atoms with Crippen molar-refractivity contribution in [2.45, 2.75) is 38.7 Å². The summed E-state index contributed by atoms with van der Waals surface area (Å²) < 4.78 is 5.62. The Morgan fingerprint density at radius 2 is 2.24 bits per heavy atom. The minimum atomic E-state index is 0.131. The smallest absolute Gasteiger partial charge is 0.178 e. The Kier molecular flexibility index (Phi) is 2.59. The first-order chi connectivity index (χ1) is 8.24. The van der Waals surface area contributed by atoms with E-state index in [0.29, 0.717) is 5.92 Å². The molecule has 2 aromatic heterocycles. The molecule has 17 heavy (non-hydrogen) atoms. The zero-order chi connectivity index (χ0) is 11.8. The van der Waals surface area contributed by atoms with Crippen LogP contribution in [0.15, 0.2) is 12.1 Å². The Morgan fingerprint density at radius 3 is 2.94 bits per heavy atom. The van der Waals surface area contributed by atoms with Crippen molar-refractivity contribution in [2.24, 2.45) is 0 Å². The van der Waals surface area contributed by atoms with Crippen LogP contribution in [0.5, 0.6) is 0 Å². The average Bonchev–Trinajstić information content (AvgIpc) is 2.96. The molecule has 1 atom stereocenters. The number of pyridine rings is 1. The van der Waals surface area contributed by atoms with E-state index in [1.165, 1.54) is 0 Å². The third-order valence-corrected chi connectivity index (χ3v) is 3.21. The van der Waals surface area contributed by atoms with Gasteiger partial charge in [0.05, 0.1) is 5.52 Å². The van der Waals surface area contributed by atoms with Crippen molar-refractivity contribution in [1.82, 2.24) is 15.0 Å². The molecule has 4 heteroatoms. The topological polar surface area (TPSA) is 50.8 Å². The van der Waals surface area contributed by atoms with Gasteiger partial charge in [0.1, 0.15) is 11.9 Å². The highest BCUT2D eigenvalue weighted by Gasteiger charge is 2.21. The van der Waals surface area contributed by atoms with Crippen LogP contribution in [0.3, 0.4) is 0 Å². The highest BCUT2D eigenvalue weighted by molar-refractivity contribution is 5.70. The second-order valence-corrected chi connectivity index (χ2v) is 4.89. The fourth-order valence-corrected chi connectivity index (χ4v) is 2.19. The molecule has 0 bridgehead atoms. The lowest BCUT2D eigenvalue weighted by Crippen LogP contribution is -1.97. The Morgan fingerprint density at radius 1 is 1.35 bits per heavy atom. The van der Waals surface area contributed by atoms with Crippen molar-refractivity contribution in [1.29, 1.82) is 0 Å². The number of nitrogens with zero attached hydrogens (tertiary/aromatic N) is 2. The highest BCUT2D eigenvalue weighted by Crippen LogP contribution is 2.27. The summed E-state index contributed by atoms with van der Waals surface area (Å²) >= 11 is 0. The predicted octanol–water partition coefficient (Wildman–Crippen LogP) is 2.93. The maximum Gasteiger partial charge on any atom is 0.178 e. The predicted molar refractivity (Wildman–Crippen MR) is 65.9 cm³/mol. The SMILES string of the molecule is CC(C)c1ccc2[nH]c(C3CCCO3)nc2n1. The van der Waals surface area contributed by atoms with Gasteiger partial charge < -0.3 is 9.72 Å². The largest absolute Gasteiger partial charge is 0.370 e. The van der Waals surface area contributed by atoms with Gasteiger partial charge in [-0.15, -0.1) is 0 Å². The Balaban J connectivity index is 2.00. The molecule has 1 aliphatic heterocycles. The molecule has 1 saturated heterocycles. The Labute approximate surface area is 100 Å². The summed E-state index contributed by atoms with van der Waals surface area (Å²) in [5, 5.41) is 0. The van der Waals surface area contributed by atoms with Crippen molar-refractivity contribution < 1.29 is 4.74 Å². The molecule has 1 unspecified atom stereocenters. The van der Waals surface area contributed by atoms with E-state index < -0.39 is 0 Å². The van der Waals surface area contributed by atoms with Crippen LogP contribution in [0, 0.1) is 0 Å². The van der Waals surface area contributed by atoms with E-state index in [1.54, 1.807) is 0 Å². The summed E-state index contributed by atoms with van der Waals surface area (Å²) in [5.41, 5.74) is 2.89. The molecule has 1 N–H and O–H groups in total. The molecule has 0 saturated carbocycles. The first-order valence-corrected chi connectivity index (χ1v) is 6.22. The molecule has 0 aromatic carbocycles. The van der Waals surface area contributed by atoms with Crippen LogP contribution in [-0.4, -0.2) is 21.6 Å². The summed E-state index contributed by atoms with van der Waals surface area (Å²) in [5.74, 6) is 1.35. The molecule has 3 rings (SSSR count). The maximum absolute atomic E-state index is 5.62. The minimum Gasteiger partial charge on any atom is -0.370 e. The molecular weight excluding hydrogens is 214 g/mol. The van der Waals surface area contributed by atoms with E-state index >= 15 is 0 Å². The van der Waals surface area contributed by atoms with Crippen LogP contribution in [0.2, 0.25) is 0 Å². The van der Waals surface area contributed by atoms with Gasteiger partial charge in [0.15, 0.2) is 5.65 Å². The minimum absolute atomic E-state index is 0.131. The lowest BCUT2D eigenvalue weighted by atomic mass is 10.1. The number of aromatic amines is 1. The molecule has 3 heterocycles. The fraction of sp³-hybridized carbons (Fsp3) is 0.538. The second-order valence-electron chi connectivity index (χ2n) is 4.89. The van der Waals surface area contributed by atoms with E-state index in [0.717, 1.165) is 42.1 Å². The van der Waals surface area contributed by atoms with Crippen molar-refractivity contribution in [3.8, 4) is 0 Å². The van der Waals surface area contributed by atoms with E-state index in [9.17, 15) is 0 Å². The number of ether oxygens (including phenoxy) is 1. The summed E-state index contributed by atoms with van der Waals surface area (Å²) in [4.78, 5) is 12.4. The monoisotopic (exact) mass is 231 g/mol. The van der Waals surface area contributed by atoms with Gasteiger partial charge in [-0.05, 0) is 30.9 Å². The maximum atomic E-state index is 5.62. The number of hydrogen-bond donors (Lipinski definition) is 1. The number of rotatable bonds is 2. The van der Waals surface area contributed by atoms with Crippen LogP contribution in [0.4, 0.5) is 0 Å². The lowest BCUT2D eigenvalue weighted by Gasteiger charge is -2.03. The van der Waals surface area contributed by atoms with Crippen LogP contribution in [0.1, 0.15) is 50.2 Å². The third kappa shape index (κ3) is 1.93. The van der Waals surface area contributed by atoms with Gasteiger partial charge in [0.2, 0.25) is 0 Å². The Bertz CT molecular complexity index is 526. The first kappa shape index (κ1) is 10.7. The molecule has 0 aliphatic carbocycles. The van der Waals surface area contributed by atoms with Crippen molar-refractivity contribution in [3.63, 3.8) is 0 Å². The molecule has 0 amide bonds. The van der Waals surface area contributed by atoms with Gasteiger partial charge in [-0.25, -0.2) is 9.97 Å². The summed E-state index contributed by atoms with van der Waals surface area (Å²) in [6.45, 7) is 5.12. The van der Waals surface area contributed by atoms with Crippen LogP contribution < -0.4 is 0 Å². The summed E-state index contributed by atoms with van der Waals surface area (Å²) in [6, 6.07) is 4.12. The quantitative estimate of drug-likeness (QED) is 0.864. The van der Waals surface area contributed by atoms with Gasteiger partial charge in [0.25, 0.3) is 0 Å². The number of hydrogen-bond acceptors (Lipinski definition) is 3. The van der Waals surface area contributed by atoms with E-state index in [4.69, 9.17) is 4.74 Å². The number of imidazole rings is 1. The van der Waals surface area contributed by atoms with Gasteiger partial charge in [-0.1, -0.05) is 13.8 Å². The number of fused-ring (bicyclic) bond motifs is 1. The van der Waals surface area contributed by atoms with Gasteiger partial charge in [-0.2, -0.15) is 0 Å². The number of aromatic nitrogens is 3. The standard InChI is InChI=1S/C13H17N3O/c1-8(2)9-5-6-10-12(14-9)16-13(15-10)11-4-3-7-17-11/h5-6,8,11H,3-4,7H2,1-2H3,(H,14,15,16). The number of nitrogens with one attached hydrogen (secondary N) is 1.